The van der Waals surface area contributed by atoms with Crippen molar-refractivity contribution < 1.29 is 10.2 Å². The van der Waals surface area contributed by atoms with Crippen molar-refractivity contribution >= 4 is 22.3 Å². The highest BCUT2D eigenvalue weighted by atomic mass is 16.3. The molecule has 0 fully saturated rings. The first-order chi connectivity index (χ1) is 12.7. The van der Waals surface area contributed by atoms with Crippen molar-refractivity contribution in [1.29, 1.82) is 0 Å². The molecule has 134 valence electrons. The Morgan fingerprint density at radius 3 is 2.81 bits per heavy atom. The van der Waals surface area contributed by atoms with E-state index < -0.39 is 6.10 Å². The minimum atomic E-state index is -0.498. The number of para-hydroxylation sites is 1. The zero-order chi connectivity index (χ0) is 18.1. The molecule has 4 nitrogen and oxygen atoms in total. The van der Waals surface area contributed by atoms with E-state index in [0.717, 1.165) is 65.8 Å². The average molecular weight is 348 g/mol. The standard InChI is InChI=1S/C22H24N2O2/c1-2-13-24(15-7-5-8-16(25)14-15)22-17-9-3-4-10-18(17)23-19-11-6-12-20(26)21(19)22/h3-5,7-10,14,20,25-26H,2,6,11-13H2,1H3. The van der Waals surface area contributed by atoms with Crippen molar-refractivity contribution in [3.05, 3.63) is 59.8 Å². The van der Waals surface area contributed by atoms with Gasteiger partial charge in [0.25, 0.3) is 0 Å². The molecule has 4 heteroatoms. The molecule has 4 rings (SSSR count). The Kier molecular flexibility index (Phi) is 4.51. The first kappa shape index (κ1) is 16.9. The van der Waals surface area contributed by atoms with Crippen LogP contribution >= 0.6 is 0 Å². The van der Waals surface area contributed by atoms with Gasteiger partial charge in [-0.1, -0.05) is 31.2 Å². The van der Waals surface area contributed by atoms with E-state index in [0.29, 0.717) is 0 Å². The van der Waals surface area contributed by atoms with Gasteiger partial charge in [-0.05, 0) is 43.9 Å². The number of aromatic hydroxyl groups is 1. The Morgan fingerprint density at radius 2 is 2.00 bits per heavy atom. The lowest BCUT2D eigenvalue weighted by molar-refractivity contribution is 0.156. The number of aromatic nitrogens is 1. The van der Waals surface area contributed by atoms with Crippen molar-refractivity contribution in [3.63, 3.8) is 0 Å². The number of rotatable bonds is 4. The predicted molar refractivity (Wildman–Crippen MR) is 105 cm³/mol. The van der Waals surface area contributed by atoms with Gasteiger partial charge in [-0.25, -0.2) is 0 Å². The summed E-state index contributed by atoms with van der Waals surface area (Å²) < 4.78 is 0. The molecule has 26 heavy (non-hydrogen) atoms. The van der Waals surface area contributed by atoms with E-state index in [-0.39, 0.29) is 5.75 Å². The predicted octanol–water partition coefficient (Wildman–Crippen LogP) is 4.86. The molecular formula is C22H24N2O2. The van der Waals surface area contributed by atoms with Crippen molar-refractivity contribution in [3.8, 4) is 5.75 Å². The minimum Gasteiger partial charge on any atom is -0.508 e. The summed E-state index contributed by atoms with van der Waals surface area (Å²) in [6, 6.07) is 15.5. The third kappa shape index (κ3) is 2.90. The molecule has 0 radical (unpaired) electrons. The fourth-order valence-corrected chi connectivity index (χ4v) is 3.95. The van der Waals surface area contributed by atoms with Crippen LogP contribution in [0.4, 0.5) is 11.4 Å². The van der Waals surface area contributed by atoms with Crippen molar-refractivity contribution in [2.45, 2.75) is 38.7 Å². The largest absolute Gasteiger partial charge is 0.508 e. The molecule has 1 aliphatic rings. The van der Waals surface area contributed by atoms with Crippen LogP contribution in [-0.2, 0) is 6.42 Å². The van der Waals surface area contributed by atoms with Crippen LogP contribution in [0, 0.1) is 0 Å². The summed E-state index contributed by atoms with van der Waals surface area (Å²) in [5, 5.41) is 21.8. The quantitative estimate of drug-likeness (QED) is 0.707. The maximum absolute atomic E-state index is 10.8. The van der Waals surface area contributed by atoms with Gasteiger partial charge in [0.2, 0.25) is 0 Å². The van der Waals surface area contributed by atoms with E-state index in [1.165, 1.54) is 0 Å². The summed E-state index contributed by atoms with van der Waals surface area (Å²) >= 11 is 0. The summed E-state index contributed by atoms with van der Waals surface area (Å²) in [5.41, 5.74) is 4.87. The number of aliphatic hydroxyl groups is 1. The maximum Gasteiger partial charge on any atom is 0.117 e. The zero-order valence-corrected chi connectivity index (χ0v) is 15.0. The second-order valence-electron chi connectivity index (χ2n) is 6.92. The smallest absolute Gasteiger partial charge is 0.117 e. The van der Waals surface area contributed by atoms with Crippen LogP contribution in [0.3, 0.4) is 0 Å². The van der Waals surface area contributed by atoms with Crippen LogP contribution in [0.25, 0.3) is 10.9 Å². The number of phenols is 1. The van der Waals surface area contributed by atoms with Gasteiger partial charge >= 0.3 is 0 Å². The molecule has 1 aromatic heterocycles. The Hall–Kier alpha value is -2.59. The number of fused-ring (bicyclic) bond motifs is 2. The van der Waals surface area contributed by atoms with Gasteiger partial charge in [0.1, 0.15) is 5.75 Å². The number of pyridine rings is 1. The number of aliphatic hydroxyl groups excluding tert-OH is 1. The normalized spacial score (nSPS) is 16.5. The number of hydrogen-bond donors (Lipinski definition) is 2. The Balaban J connectivity index is 2.02. The lowest BCUT2D eigenvalue weighted by atomic mass is 9.89. The van der Waals surface area contributed by atoms with Crippen LogP contribution in [-0.4, -0.2) is 21.7 Å². The average Bonchev–Trinajstić information content (AvgIpc) is 2.65. The summed E-state index contributed by atoms with van der Waals surface area (Å²) in [7, 11) is 0. The number of nitrogens with zero attached hydrogens (tertiary/aromatic N) is 2. The fraction of sp³-hybridized carbons (Fsp3) is 0.318. The summed E-state index contributed by atoms with van der Waals surface area (Å²) in [6.07, 6.45) is 3.07. The second kappa shape index (κ2) is 6.96. The molecule has 0 bridgehead atoms. The summed E-state index contributed by atoms with van der Waals surface area (Å²) in [4.78, 5) is 7.06. The molecule has 0 amide bonds. The molecule has 3 aromatic rings. The third-order valence-electron chi connectivity index (χ3n) is 5.06. The molecule has 0 saturated carbocycles. The van der Waals surface area contributed by atoms with Crippen LogP contribution in [0.2, 0.25) is 0 Å². The molecular weight excluding hydrogens is 324 g/mol. The van der Waals surface area contributed by atoms with E-state index >= 15 is 0 Å². The molecule has 0 saturated heterocycles. The molecule has 1 aliphatic carbocycles. The molecule has 1 unspecified atom stereocenters. The summed E-state index contributed by atoms with van der Waals surface area (Å²) in [5.74, 6) is 0.247. The maximum atomic E-state index is 10.8. The molecule has 1 heterocycles. The lowest BCUT2D eigenvalue weighted by Crippen LogP contribution is -2.23. The van der Waals surface area contributed by atoms with Gasteiger partial charge in [-0.15, -0.1) is 0 Å². The fourth-order valence-electron chi connectivity index (χ4n) is 3.95. The van der Waals surface area contributed by atoms with Crippen LogP contribution < -0.4 is 4.90 Å². The van der Waals surface area contributed by atoms with Gasteiger partial charge in [0, 0.05) is 34.9 Å². The molecule has 1 atom stereocenters. The highest BCUT2D eigenvalue weighted by Crippen LogP contribution is 2.43. The van der Waals surface area contributed by atoms with E-state index in [4.69, 9.17) is 4.98 Å². The van der Waals surface area contributed by atoms with Crippen molar-refractivity contribution in [2.75, 3.05) is 11.4 Å². The molecule has 2 aromatic carbocycles. The van der Waals surface area contributed by atoms with Gasteiger partial charge in [0.05, 0.1) is 17.3 Å². The zero-order valence-electron chi connectivity index (χ0n) is 15.0. The van der Waals surface area contributed by atoms with E-state index in [2.05, 4.69) is 17.9 Å². The molecule has 0 aliphatic heterocycles. The highest BCUT2D eigenvalue weighted by Gasteiger charge is 2.28. The number of phenolic OH excluding ortho intramolecular Hbond substituents is 1. The van der Waals surface area contributed by atoms with E-state index in [1.54, 1.807) is 12.1 Å². The topological polar surface area (TPSA) is 56.6 Å². The van der Waals surface area contributed by atoms with Gasteiger partial charge in [0.15, 0.2) is 0 Å². The number of hydrogen-bond acceptors (Lipinski definition) is 4. The number of anilines is 2. The first-order valence-corrected chi connectivity index (χ1v) is 9.35. The van der Waals surface area contributed by atoms with Crippen molar-refractivity contribution in [1.82, 2.24) is 4.98 Å². The van der Waals surface area contributed by atoms with Gasteiger partial charge in [-0.3, -0.25) is 4.98 Å². The molecule has 2 N–H and O–H groups in total. The monoisotopic (exact) mass is 348 g/mol. The second-order valence-corrected chi connectivity index (χ2v) is 6.92. The number of benzene rings is 2. The third-order valence-corrected chi connectivity index (χ3v) is 5.06. The van der Waals surface area contributed by atoms with Gasteiger partial charge in [-0.2, -0.15) is 0 Å². The van der Waals surface area contributed by atoms with Crippen LogP contribution in [0.15, 0.2) is 48.5 Å². The van der Waals surface area contributed by atoms with E-state index in [9.17, 15) is 10.2 Å². The lowest BCUT2D eigenvalue weighted by Gasteiger charge is -2.32. The Bertz CT molecular complexity index is 939. The van der Waals surface area contributed by atoms with Gasteiger partial charge < -0.3 is 15.1 Å². The first-order valence-electron chi connectivity index (χ1n) is 9.35. The molecule has 0 spiro atoms. The number of aryl methyl sites for hydroxylation is 1. The Labute approximate surface area is 153 Å². The SMILES string of the molecule is CCCN(c1cccc(O)c1)c1c2c(nc3ccccc13)CCCC2O. The highest BCUT2D eigenvalue weighted by molar-refractivity contribution is 5.96. The van der Waals surface area contributed by atoms with E-state index in [1.807, 2.05) is 30.3 Å². The van der Waals surface area contributed by atoms with Crippen LogP contribution in [0.5, 0.6) is 5.75 Å². The van der Waals surface area contributed by atoms with Crippen LogP contribution in [0.1, 0.15) is 43.5 Å². The Morgan fingerprint density at radius 1 is 1.15 bits per heavy atom. The summed E-state index contributed by atoms with van der Waals surface area (Å²) in [6.45, 7) is 2.94. The minimum absolute atomic E-state index is 0.247. The van der Waals surface area contributed by atoms with Crippen molar-refractivity contribution in [2.24, 2.45) is 0 Å².